The van der Waals surface area contributed by atoms with E-state index in [1.807, 2.05) is 23.9 Å². The molecule has 5 heteroatoms. The van der Waals surface area contributed by atoms with Gasteiger partial charge >= 0.3 is 0 Å². The molecule has 0 bridgehead atoms. The lowest BCUT2D eigenvalue weighted by atomic mass is 10.1. The van der Waals surface area contributed by atoms with Crippen LogP contribution in [0.3, 0.4) is 0 Å². The lowest BCUT2D eigenvalue weighted by Gasteiger charge is -2.10. The van der Waals surface area contributed by atoms with Crippen LogP contribution >= 0.6 is 0 Å². The molecule has 0 aliphatic heterocycles. The first-order valence-electron chi connectivity index (χ1n) is 8.08. The molecule has 0 unspecified atom stereocenters. The summed E-state index contributed by atoms with van der Waals surface area (Å²) in [5.41, 5.74) is 1.19. The predicted octanol–water partition coefficient (Wildman–Crippen LogP) is 2.43. The van der Waals surface area contributed by atoms with Crippen molar-refractivity contribution in [2.45, 2.75) is 59.1 Å². The highest BCUT2D eigenvalue weighted by Gasteiger charge is 2.13. The van der Waals surface area contributed by atoms with Gasteiger partial charge in [0.15, 0.2) is 5.82 Å². The molecule has 0 fully saturated rings. The number of aryl methyl sites for hydroxylation is 2. The van der Waals surface area contributed by atoms with Crippen LogP contribution < -0.4 is 0 Å². The van der Waals surface area contributed by atoms with Crippen molar-refractivity contribution < 1.29 is 5.11 Å². The zero-order valence-corrected chi connectivity index (χ0v) is 13.7. The largest absolute Gasteiger partial charge is 0.391 e. The molecule has 0 amide bonds. The molecule has 2 heterocycles. The van der Waals surface area contributed by atoms with Crippen LogP contribution in [0, 0.1) is 5.92 Å². The summed E-state index contributed by atoms with van der Waals surface area (Å²) in [6.07, 6.45) is 6.59. The molecule has 120 valence electrons. The maximum Gasteiger partial charge on any atom is 0.151 e. The average molecular weight is 302 g/mol. The first-order chi connectivity index (χ1) is 10.6. The Balaban J connectivity index is 2.10. The zero-order chi connectivity index (χ0) is 15.9. The number of aliphatic hydroxyl groups is 1. The summed E-state index contributed by atoms with van der Waals surface area (Å²) in [5, 5.41) is 14.5. The fourth-order valence-corrected chi connectivity index (χ4v) is 2.34. The van der Waals surface area contributed by atoms with Gasteiger partial charge < -0.3 is 5.11 Å². The van der Waals surface area contributed by atoms with Crippen LogP contribution in [0.15, 0.2) is 24.5 Å². The number of nitrogens with zero attached hydrogens (tertiary/aromatic N) is 4. The second-order valence-corrected chi connectivity index (χ2v) is 6.15. The molecule has 2 aromatic rings. The van der Waals surface area contributed by atoms with Crippen LogP contribution in [-0.4, -0.2) is 31.0 Å². The van der Waals surface area contributed by atoms with E-state index < -0.39 is 0 Å². The van der Waals surface area contributed by atoms with Gasteiger partial charge in [-0.05, 0) is 30.4 Å². The van der Waals surface area contributed by atoms with Gasteiger partial charge in [-0.3, -0.25) is 4.98 Å². The number of aromatic nitrogens is 4. The van der Waals surface area contributed by atoms with Gasteiger partial charge in [0.05, 0.1) is 12.6 Å². The minimum atomic E-state index is -0.370. The number of pyridine rings is 1. The van der Waals surface area contributed by atoms with Crippen molar-refractivity contribution in [1.29, 1.82) is 0 Å². The molecule has 0 aliphatic carbocycles. The lowest BCUT2D eigenvalue weighted by Crippen LogP contribution is -2.18. The van der Waals surface area contributed by atoms with Crippen molar-refractivity contribution in [2.75, 3.05) is 0 Å². The third-order valence-electron chi connectivity index (χ3n) is 3.60. The highest BCUT2D eigenvalue weighted by atomic mass is 16.3. The Bertz CT molecular complexity index is 565. The van der Waals surface area contributed by atoms with Gasteiger partial charge in [-0.25, -0.2) is 9.67 Å². The Hall–Kier alpha value is -1.75. The molecule has 0 aromatic carbocycles. The molecule has 2 rings (SSSR count). The maximum absolute atomic E-state index is 9.91. The van der Waals surface area contributed by atoms with Crippen molar-refractivity contribution in [2.24, 2.45) is 5.92 Å². The molecular formula is C17H26N4O. The second kappa shape index (κ2) is 8.03. The summed E-state index contributed by atoms with van der Waals surface area (Å²) in [5.74, 6) is 2.35. The SMILES string of the molecule is CC[C@@H](O)Cn1nc(CC(C)C)nc1CCc1cccnc1. The van der Waals surface area contributed by atoms with Gasteiger partial charge in [-0.2, -0.15) is 5.10 Å². The van der Waals surface area contributed by atoms with Crippen molar-refractivity contribution in [3.63, 3.8) is 0 Å². The van der Waals surface area contributed by atoms with Crippen molar-refractivity contribution in [1.82, 2.24) is 19.7 Å². The van der Waals surface area contributed by atoms with Gasteiger partial charge in [0, 0.05) is 25.2 Å². The van der Waals surface area contributed by atoms with Gasteiger partial charge in [0.2, 0.25) is 0 Å². The van der Waals surface area contributed by atoms with Gasteiger partial charge in [0.25, 0.3) is 0 Å². The van der Waals surface area contributed by atoms with E-state index in [1.54, 1.807) is 6.20 Å². The predicted molar refractivity (Wildman–Crippen MR) is 86.5 cm³/mol. The van der Waals surface area contributed by atoms with Crippen LogP contribution in [0.4, 0.5) is 0 Å². The number of hydrogen-bond donors (Lipinski definition) is 1. The Labute approximate surface area is 132 Å². The first kappa shape index (κ1) is 16.6. The minimum Gasteiger partial charge on any atom is -0.391 e. The number of rotatable bonds is 8. The molecule has 1 N–H and O–H groups in total. The summed E-state index contributed by atoms with van der Waals surface area (Å²) in [7, 11) is 0. The van der Waals surface area contributed by atoms with E-state index in [0.29, 0.717) is 12.5 Å². The molecule has 22 heavy (non-hydrogen) atoms. The quantitative estimate of drug-likeness (QED) is 0.813. The Morgan fingerprint density at radius 3 is 2.73 bits per heavy atom. The van der Waals surface area contributed by atoms with E-state index in [1.165, 1.54) is 5.56 Å². The minimum absolute atomic E-state index is 0.370. The van der Waals surface area contributed by atoms with Gasteiger partial charge in [0.1, 0.15) is 5.82 Å². The van der Waals surface area contributed by atoms with Crippen LogP contribution in [0.5, 0.6) is 0 Å². The second-order valence-electron chi connectivity index (χ2n) is 6.15. The van der Waals surface area contributed by atoms with E-state index in [4.69, 9.17) is 0 Å². The Kier molecular flexibility index (Phi) is 6.07. The van der Waals surface area contributed by atoms with Crippen LogP contribution in [0.1, 0.15) is 44.4 Å². The molecule has 0 saturated heterocycles. The van der Waals surface area contributed by atoms with E-state index in [0.717, 1.165) is 37.3 Å². The smallest absolute Gasteiger partial charge is 0.151 e. The average Bonchev–Trinajstić information content (AvgIpc) is 2.86. The normalized spacial score (nSPS) is 12.8. The van der Waals surface area contributed by atoms with Crippen molar-refractivity contribution in [3.05, 3.63) is 41.7 Å². The van der Waals surface area contributed by atoms with E-state index >= 15 is 0 Å². The van der Waals surface area contributed by atoms with Gasteiger partial charge in [-0.1, -0.05) is 26.8 Å². The standard InChI is InChI=1S/C17H26N4O/c1-4-15(22)12-21-17(19-16(20-21)10-13(2)3)8-7-14-6-5-9-18-11-14/h5-6,9,11,13,15,22H,4,7-8,10,12H2,1-3H3/t15-/m1/s1. The third-order valence-corrected chi connectivity index (χ3v) is 3.60. The van der Waals surface area contributed by atoms with E-state index in [-0.39, 0.29) is 6.10 Å². The topological polar surface area (TPSA) is 63.8 Å². The molecule has 2 aromatic heterocycles. The molecule has 5 nitrogen and oxygen atoms in total. The Morgan fingerprint density at radius 2 is 2.09 bits per heavy atom. The molecular weight excluding hydrogens is 276 g/mol. The molecule has 0 aliphatic rings. The highest BCUT2D eigenvalue weighted by molar-refractivity contribution is 5.10. The molecule has 0 saturated carbocycles. The van der Waals surface area contributed by atoms with E-state index in [2.05, 4.69) is 35.0 Å². The summed E-state index contributed by atoms with van der Waals surface area (Å²) in [4.78, 5) is 8.82. The van der Waals surface area contributed by atoms with Crippen LogP contribution in [0.2, 0.25) is 0 Å². The van der Waals surface area contributed by atoms with Crippen molar-refractivity contribution in [3.8, 4) is 0 Å². The van der Waals surface area contributed by atoms with Gasteiger partial charge in [-0.15, -0.1) is 0 Å². The monoisotopic (exact) mass is 302 g/mol. The fraction of sp³-hybridized carbons (Fsp3) is 0.588. The highest BCUT2D eigenvalue weighted by Crippen LogP contribution is 2.10. The summed E-state index contributed by atoms with van der Waals surface area (Å²) >= 11 is 0. The molecule has 0 spiro atoms. The summed E-state index contributed by atoms with van der Waals surface area (Å²) in [6, 6.07) is 4.02. The zero-order valence-electron chi connectivity index (χ0n) is 13.7. The molecule has 0 radical (unpaired) electrons. The van der Waals surface area contributed by atoms with Crippen molar-refractivity contribution >= 4 is 0 Å². The maximum atomic E-state index is 9.91. The first-order valence-corrected chi connectivity index (χ1v) is 8.08. The summed E-state index contributed by atoms with van der Waals surface area (Å²) < 4.78 is 1.88. The summed E-state index contributed by atoms with van der Waals surface area (Å²) in [6.45, 7) is 6.82. The number of aliphatic hydroxyl groups excluding tert-OH is 1. The molecule has 1 atom stereocenters. The van der Waals surface area contributed by atoms with E-state index in [9.17, 15) is 5.11 Å². The number of hydrogen-bond acceptors (Lipinski definition) is 4. The third kappa shape index (κ3) is 4.91. The Morgan fingerprint density at radius 1 is 1.27 bits per heavy atom. The van der Waals surface area contributed by atoms with Crippen LogP contribution in [-0.2, 0) is 25.8 Å². The van der Waals surface area contributed by atoms with Crippen LogP contribution in [0.25, 0.3) is 0 Å². The fourth-order valence-electron chi connectivity index (χ4n) is 2.34. The lowest BCUT2D eigenvalue weighted by molar-refractivity contribution is 0.143.